The first kappa shape index (κ1) is 16.2. The van der Waals surface area contributed by atoms with Crippen LogP contribution in [0.3, 0.4) is 0 Å². The van der Waals surface area contributed by atoms with E-state index in [-0.39, 0.29) is 18.6 Å². The number of benzene rings is 3. The van der Waals surface area contributed by atoms with E-state index < -0.39 is 0 Å². The molecule has 2 heterocycles. The Morgan fingerprint density at radius 3 is 2.63 bits per heavy atom. The normalized spacial score (nSPS) is 12.8. The summed E-state index contributed by atoms with van der Waals surface area (Å²) in [6, 6.07) is 13.6. The van der Waals surface area contributed by atoms with Crippen LogP contribution in [0.2, 0.25) is 0 Å². The van der Waals surface area contributed by atoms with Gasteiger partial charge in [-0.15, -0.1) is 0 Å². The van der Waals surface area contributed by atoms with Gasteiger partial charge in [0.15, 0.2) is 11.5 Å². The highest BCUT2D eigenvalue weighted by Gasteiger charge is 2.26. The van der Waals surface area contributed by atoms with Crippen LogP contribution in [0.15, 0.2) is 53.1 Å². The van der Waals surface area contributed by atoms with Crippen LogP contribution >= 0.6 is 15.9 Å². The summed E-state index contributed by atoms with van der Waals surface area (Å²) >= 11 is 3.61. The Kier molecular flexibility index (Phi) is 3.45. The van der Waals surface area contributed by atoms with Gasteiger partial charge in [0.25, 0.3) is 0 Å². The molecular formula is C21H14BrNO4. The molecule has 5 rings (SSSR count). The van der Waals surface area contributed by atoms with E-state index in [2.05, 4.69) is 15.9 Å². The molecule has 5 nitrogen and oxygen atoms in total. The Bertz CT molecular complexity index is 1240. The van der Waals surface area contributed by atoms with Crippen molar-refractivity contribution in [3.8, 4) is 28.5 Å². The number of fused-ring (bicyclic) bond motifs is 4. The molecule has 0 saturated carbocycles. The summed E-state index contributed by atoms with van der Waals surface area (Å²) in [5, 5.41) is 13.8. The van der Waals surface area contributed by atoms with E-state index in [4.69, 9.17) is 9.47 Å². The van der Waals surface area contributed by atoms with Crippen molar-refractivity contribution in [3.63, 3.8) is 0 Å². The zero-order chi connectivity index (χ0) is 18.7. The molecule has 0 aliphatic carbocycles. The van der Waals surface area contributed by atoms with Gasteiger partial charge in [-0.1, -0.05) is 46.3 Å². The van der Waals surface area contributed by atoms with Gasteiger partial charge in [-0.25, -0.2) is 0 Å². The third kappa shape index (κ3) is 2.26. The lowest BCUT2D eigenvalue weighted by Gasteiger charge is -2.13. The first-order valence-electron chi connectivity index (χ1n) is 8.41. The van der Waals surface area contributed by atoms with E-state index in [0.29, 0.717) is 16.9 Å². The van der Waals surface area contributed by atoms with Gasteiger partial charge in [0.05, 0.1) is 0 Å². The van der Waals surface area contributed by atoms with Crippen LogP contribution in [-0.2, 0) is 0 Å². The zero-order valence-electron chi connectivity index (χ0n) is 14.3. The number of carbonyl (C=O) groups excluding carboxylic acids is 1. The molecule has 0 atom stereocenters. The van der Waals surface area contributed by atoms with Crippen LogP contribution in [0.1, 0.15) is 11.7 Å². The van der Waals surface area contributed by atoms with Crippen molar-refractivity contribution in [1.82, 2.24) is 4.57 Å². The van der Waals surface area contributed by atoms with Gasteiger partial charge < -0.3 is 14.6 Å². The van der Waals surface area contributed by atoms with Crippen molar-refractivity contribution in [2.75, 3.05) is 6.79 Å². The molecule has 27 heavy (non-hydrogen) atoms. The summed E-state index contributed by atoms with van der Waals surface area (Å²) in [6.45, 7) is 1.58. The molecule has 1 aliphatic heterocycles. The van der Waals surface area contributed by atoms with Gasteiger partial charge in [0, 0.05) is 44.7 Å². The van der Waals surface area contributed by atoms with Crippen molar-refractivity contribution in [2.45, 2.75) is 6.92 Å². The van der Waals surface area contributed by atoms with Crippen LogP contribution in [-0.4, -0.2) is 22.4 Å². The van der Waals surface area contributed by atoms with Crippen molar-refractivity contribution >= 4 is 43.4 Å². The maximum atomic E-state index is 12.0. The number of carbonyl (C=O) groups is 1. The van der Waals surface area contributed by atoms with Crippen LogP contribution in [0, 0.1) is 0 Å². The number of hydrogen-bond acceptors (Lipinski definition) is 4. The Balaban J connectivity index is 2.05. The van der Waals surface area contributed by atoms with Gasteiger partial charge in [0.1, 0.15) is 0 Å². The Morgan fingerprint density at radius 2 is 1.89 bits per heavy atom. The van der Waals surface area contributed by atoms with E-state index >= 15 is 0 Å². The second-order valence-corrected chi connectivity index (χ2v) is 7.29. The van der Waals surface area contributed by atoms with Gasteiger partial charge >= 0.3 is 0 Å². The SMILES string of the molecule is CC(=O)n1cc2c(-c3ccccc3)c3c4c(cc(Br)c3cc2c1O)OCO4. The average molecular weight is 424 g/mol. The minimum Gasteiger partial charge on any atom is -0.494 e. The smallest absolute Gasteiger partial charge is 0.231 e. The highest BCUT2D eigenvalue weighted by Crippen LogP contribution is 2.50. The predicted octanol–water partition coefficient (Wildman–Crippen LogP) is 5.32. The highest BCUT2D eigenvalue weighted by molar-refractivity contribution is 9.10. The van der Waals surface area contributed by atoms with Crippen molar-refractivity contribution in [2.24, 2.45) is 0 Å². The second kappa shape index (κ2) is 5.76. The summed E-state index contributed by atoms with van der Waals surface area (Å²) in [5.74, 6) is 1.02. The van der Waals surface area contributed by atoms with Gasteiger partial charge in [-0.2, -0.15) is 0 Å². The fraction of sp³-hybridized carbons (Fsp3) is 0.0952. The maximum Gasteiger partial charge on any atom is 0.231 e. The van der Waals surface area contributed by atoms with E-state index in [1.165, 1.54) is 11.5 Å². The summed E-state index contributed by atoms with van der Waals surface area (Å²) in [7, 11) is 0. The van der Waals surface area contributed by atoms with E-state index in [9.17, 15) is 9.90 Å². The molecule has 0 amide bonds. The molecule has 6 heteroatoms. The van der Waals surface area contributed by atoms with Crippen LogP contribution in [0.4, 0.5) is 0 Å². The third-order valence-electron chi connectivity index (χ3n) is 4.88. The third-order valence-corrected chi connectivity index (χ3v) is 5.54. The fourth-order valence-electron chi connectivity index (χ4n) is 3.69. The Hall–Kier alpha value is -2.99. The summed E-state index contributed by atoms with van der Waals surface area (Å²) < 4.78 is 13.5. The fourth-order valence-corrected chi connectivity index (χ4v) is 4.21. The van der Waals surface area contributed by atoms with Crippen LogP contribution in [0.5, 0.6) is 17.4 Å². The van der Waals surface area contributed by atoms with E-state index in [1.54, 1.807) is 6.20 Å². The van der Waals surface area contributed by atoms with Gasteiger partial charge in [-0.3, -0.25) is 9.36 Å². The molecule has 4 aromatic rings. The zero-order valence-corrected chi connectivity index (χ0v) is 15.9. The van der Waals surface area contributed by atoms with Crippen molar-refractivity contribution in [3.05, 3.63) is 53.1 Å². The molecule has 0 bridgehead atoms. The Labute approximate surface area is 162 Å². The molecule has 1 aromatic heterocycles. The van der Waals surface area contributed by atoms with Gasteiger partial charge in [-0.05, 0) is 17.7 Å². The quantitative estimate of drug-likeness (QED) is 0.450. The van der Waals surface area contributed by atoms with Crippen molar-refractivity contribution < 1.29 is 19.4 Å². The topological polar surface area (TPSA) is 60.7 Å². The number of hydrogen-bond donors (Lipinski definition) is 1. The molecular weight excluding hydrogens is 410 g/mol. The first-order chi connectivity index (χ1) is 13.1. The molecule has 0 unspecified atom stereocenters. The lowest BCUT2D eigenvalue weighted by molar-refractivity contribution is 0.0928. The maximum absolute atomic E-state index is 12.0. The number of halogens is 1. The average Bonchev–Trinajstić information content (AvgIpc) is 3.25. The first-order valence-corrected chi connectivity index (χ1v) is 9.20. The number of rotatable bonds is 1. The molecule has 1 N–H and O–H groups in total. The van der Waals surface area contributed by atoms with E-state index in [0.717, 1.165) is 31.8 Å². The predicted molar refractivity (Wildman–Crippen MR) is 107 cm³/mol. The lowest BCUT2D eigenvalue weighted by atomic mass is 9.93. The number of ether oxygens (including phenoxy) is 2. The van der Waals surface area contributed by atoms with Crippen LogP contribution in [0.25, 0.3) is 32.7 Å². The van der Waals surface area contributed by atoms with Crippen LogP contribution < -0.4 is 9.47 Å². The lowest BCUT2D eigenvalue weighted by Crippen LogP contribution is -2.01. The molecule has 3 aromatic carbocycles. The minimum absolute atomic E-state index is 0.0684. The largest absolute Gasteiger partial charge is 0.494 e. The number of nitrogens with zero attached hydrogens (tertiary/aromatic N) is 1. The highest BCUT2D eigenvalue weighted by atomic mass is 79.9. The standard InChI is InChI=1S/C21H14BrNO4/c1-11(24)23-9-15-13(21(23)25)7-14-16(22)8-17-20(27-10-26-17)19(14)18(15)12-5-3-2-4-6-12/h2-9,25H,10H2,1H3. The summed E-state index contributed by atoms with van der Waals surface area (Å²) in [5.41, 5.74) is 1.85. The molecule has 1 aliphatic rings. The molecule has 0 spiro atoms. The monoisotopic (exact) mass is 423 g/mol. The molecule has 134 valence electrons. The molecule has 0 radical (unpaired) electrons. The summed E-state index contributed by atoms with van der Waals surface area (Å²) in [4.78, 5) is 12.0. The molecule has 0 saturated heterocycles. The minimum atomic E-state index is -0.254. The van der Waals surface area contributed by atoms with Gasteiger partial charge in [0.2, 0.25) is 18.6 Å². The number of aromatic nitrogens is 1. The van der Waals surface area contributed by atoms with E-state index in [1.807, 2.05) is 42.5 Å². The number of aromatic hydroxyl groups is 1. The van der Waals surface area contributed by atoms with Crippen molar-refractivity contribution in [1.29, 1.82) is 0 Å². The summed E-state index contributed by atoms with van der Waals surface area (Å²) in [6.07, 6.45) is 1.68. The molecule has 0 fully saturated rings. The second-order valence-electron chi connectivity index (χ2n) is 6.44. The Morgan fingerprint density at radius 1 is 1.11 bits per heavy atom.